The Morgan fingerprint density at radius 2 is 2.00 bits per heavy atom. The fourth-order valence-electron chi connectivity index (χ4n) is 3.03. The Morgan fingerprint density at radius 3 is 2.69 bits per heavy atom. The molecule has 0 N–H and O–H groups in total. The van der Waals surface area contributed by atoms with Gasteiger partial charge in [-0.3, -0.25) is 9.69 Å². The number of aliphatic imine (C=N–C) groups is 1. The minimum atomic E-state index is -0.398. The summed E-state index contributed by atoms with van der Waals surface area (Å²) in [5.74, 6) is 0.193. The van der Waals surface area contributed by atoms with Gasteiger partial charge in [-0.1, -0.05) is 22.0 Å². The molecule has 2 aromatic carbocycles. The molecular formula is C24H25BrN2O4S. The maximum atomic E-state index is 13.0. The fraction of sp³-hybridized carbons (Fsp3) is 0.292. The van der Waals surface area contributed by atoms with Gasteiger partial charge in [0.2, 0.25) is 0 Å². The minimum absolute atomic E-state index is 0.0104. The highest BCUT2D eigenvalue weighted by Gasteiger charge is 2.32. The molecule has 0 atom stereocenters. The highest BCUT2D eigenvalue weighted by atomic mass is 79.9. The normalized spacial score (nSPS) is 16.3. The summed E-state index contributed by atoms with van der Waals surface area (Å²) in [7, 11) is 0. The zero-order chi connectivity index (χ0) is 23.3. The molecule has 1 amide bonds. The lowest BCUT2D eigenvalue weighted by Gasteiger charge is -2.13. The van der Waals surface area contributed by atoms with Crippen LogP contribution in [0.5, 0.6) is 5.75 Å². The Hall–Kier alpha value is -2.58. The summed E-state index contributed by atoms with van der Waals surface area (Å²) >= 11 is 4.79. The maximum absolute atomic E-state index is 13.0. The number of nitrogens with zero attached hydrogens (tertiary/aromatic N) is 2. The number of hydrogen-bond acceptors (Lipinski definition) is 6. The van der Waals surface area contributed by atoms with E-state index in [-0.39, 0.29) is 12.0 Å². The molecule has 0 radical (unpaired) electrons. The molecule has 1 fully saturated rings. The first-order valence-electron chi connectivity index (χ1n) is 10.4. The van der Waals surface area contributed by atoms with Gasteiger partial charge >= 0.3 is 5.97 Å². The lowest BCUT2D eigenvalue weighted by Crippen LogP contribution is -2.28. The fourth-order valence-corrected chi connectivity index (χ4v) is 4.46. The monoisotopic (exact) mass is 516 g/mol. The molecule has 0 aromatic heterocycles. The number of carbonyl (C=O) groups is 2. The van der Waals surface area contributed by atoms with Crippen LogP contribution in [0.1, 0.15) is 43.6 Å². The average molecular weight is 517 g/mol. The summed E-state index contributed by atoms with van der Waals surface area (Å²) in [6.07, 6.45) is 1.84. The van der Waals surface area contributed by atoms with Crippen LogP contribution in [-0.4, -0.2) is 41.2 Å². The summed E-state index contributed by atoms with van der Waals surface area (Å²) in [5, 5.41) is 0.561. The predicted molar refractivity (Wildman–Crippen MR) is 132 cm³/mol. The van der Waals surface area contributed by atoms with Crippen molar-refractivity contribution in [3.8, 4) is 5.75 Å². The van der Waals surface area contributed by atoms with Gasteiger partial charge in [-0.2, -0.15) is 0 Å². The molecule has 0 bridgehead atoms. The second kappa shape index (κ2) is 10.8. The van der Waals surface area contributed by atoms with Crippen LogP contribution >= 0.6 is 27.7 Å². The van der Waals surface area contributed by atoms with Crippen molar-refractivity contribution in [2.45, 2.75) is 33.8 Å². The number of rotatable bonds is 7. The molecule has 8 heteroatoms. The second-order valence-electron chi connectivity index (χ2n) is 7.17. The summed E-state index contributed by atoms with van der Waals surface area (Å²) in [4.78, 5) is 31.9. The topological polar surface area (TPSA) is 68.2 Å². The molecule has 0 spiro atoms. The number of likely N-dealkylation sites (N-methyl/N-ethyl adjacent to an activating group) is 1. The molecule has 1 saturated heterocycles. The Kier molecular flexibility index (Phi) is 8.15. The van der Waals surface area contributed by atoms with Crippen molar-refractivity contribution in [1.82, 2.24) is 4.90 Å². The maximum Gasteiger partial charge on any atom is 0.338 e. The highest BCUT2D eigenvalue weighted by molar-refractivity contribution is 9.10. The van der Waals surface area contributed by atoms with Gasteiger partial charge < -0.3 is 9.47 Å². The number of hydrogen-bond donors (Lipinski definition) is 0. The molecular weight excluding hydrogens is 492 g/mol. The van der Waals surface area contributed by atoms with E-state index in [1.807, 2.05) is 45.0 Å². The molecule has 0 saturated carbocycles. The highest BCUT2D eigenvalue weighted by Crippen LogP contribution is 2.36. The van der Waals surface area contributed by atoms with Crippen LogP contribution in [0.3, 0.4) is 0 Å². The van der Waals surface area contributed by atoms with Gasteiger partial charge in [0.05, 0.1) is 28.9 Å². The van der Waals surface area contributed by atoms with Crippen LogP contribution < -0.4 is 4.74 Å². The summed E-state index contributed by atoms with van der Waals surface area (Å²) in [6.45, 7) is 8.37. The molecule has 0 unspecified atom stereocenters. The number of esters is 1. The minimum Gasteiger partial charge on any atom is -0.490 e. The van der Waals surface area contributed by atoms with Gasteiger partial charge in [0.1, 0.15) is 5.75 Å². The van der Waals surface area contributed by atoms with Crippen LogP contribution in [0.4, 0.5) is 5.69 Å². The molecule has 3 rings (SSSR count). The van der Waals surface area contributed by atoms with Crippen LogP contribution in [0.15, 0.2) is 56.8 Å². The molecule has 32 heavy (non-hydrogen) atoms. The second-order valence-corrected chi connectivity index (χ2v) is 9.10. The number of ether oxygens (including phenoxy) is 2. The number of amidine groups is 1. The Bertz CT molecular complexity index is 1080. The van der Waals surface area contributed by atoms with E-state index in [0.29, 0.717) is 40.2 Å². The molecule has 1 aliphatic rings. The van der Waals surface area contributed by atoms with Crippen molar-refractivity contribution in [3.05, 3.63) is 63.0 Å². The van der Waals surface area contributed by atoms with Crippen LogP contribution in [0, 0.1) is 0 Å². The summed E-state index contributed by atoms with van der Waals surface area (Å²) in [6, 6.07) is 12.6. The Balaban J connectivity index is 1.94. The lowest BCUT2D eigenvalue weighted by molar-refractivity contribution is -0.122. The third-order valence-corrected chi connectivity index (χ3v) is 5.91. The molecule has 1 heterocycles. The molecule has 2 aromatic rings. The van der Waals surface area contributed by atoms with E-state index in [1.54, 1.807) is 36.1 Å². The number of amides is 1. The number of halogens is 1. The van der Waals surface area contributed by atoms with Crippen molar-refractivity contribution in [1.29, 1.82) is 0 Å². The van der Waals surface area contributed by atoms with Crippen LogP contribution in [-0.2, 0) is 9.53 Å². The number of benzene rings is 2. The molecule has 1 aliphatic heterocycles. The van der Waals surface area contributed by atoms with E-state index in [9.17, 15) is 9.59 Å². The predicted octanol–water partition coefficient (Wildman–Crippen LogP) is 6.04. The van der Waals surface area contributed by atoms with E-state index < -0.39 is 5.97 Å². The molecule has 168 valence electrons. The van der Waals surface area contributed by atoms with E-state index in [1.165, 1.54) is 11.8 Å². The van der Waals surface area contributed by atoms with Gasteiger partial charge in [0.15, 0.2) is 5.17 Å². The van der Waals surface area contributed by atoms with E-state index in [2.05, 4.69) is 20.9 Å². The first-order valence-corrected chi connectivity index (χ1v) is 12.0. The third kappa shape index (κ3) is 5.81. The van der Waals surface area contributed by atoms with Gasteiger partial charge in [-0.15, -0.1) is 0 Å². The number of thioether (sulfide) groups is 1. The quantitative estimate of drug-likeness (QED) is 0.331. The smallest absolute Gasteiger partial charge is 0.338 e. The lowest BCUT2D eigenvalue weighted by atomic mass is 10.2. The van der Waals surface area contributed by atoms with Crippen LogP contribution in [0.2, 0.25) is 0 Å². The van der Waals surface area contributed by atoms with Crippen molar-refractivity contribution >= 4 is 56.5 Å². The van der Waals surface area contributed by atoms with Gasteiger partial charge in [0, 0.05) is 16.6 Å². The van der Waals surface area contributed by atoms with Crippen LogP contribution in [0.25, 0.3) is 6.08 Å². The Labute approximate surface area is 200 Å². The first kappa shape index (κ1) is 24.1. The van der Waals surface area contributed by atoms with Crippen molar-refractivity contribution in [2.24, 2.45) is 4.99 Å². The largest absolute Gasteiger partial charge is 0.490 e. The standard InChI is InChI=1S/C24H25BrN2O4S/c1-5-27-22(28)21(14-17-12-18(25)10-11-20(17)31-15(3)4)32-24(27)26-19-9-7-8-16(13-19)23(29)30-6-2/h7-15H,5-6H2,1-4H3. The van der Waals surface area contributed by atoms with Crippen molar-refractivity contribution in [3.63, 3.8) is 0 Å². The van der Waals surface area contributed by atoms with Crippen molar-refractivity contribution < 1.29 is 19.1 Å². The average Bonchev–Trinajstić information content (AvgIpc) is 3.04. The van der Waals surface area contributed by atoms with E-state index >= 15 is 0 Å². The van der Waals surface area contributed by atoms with Crippen molar-refractivity contribution in [2.75, 3.05) is 13.2 Å². The third-order valence-electron chi connectivity index (χ3n) is 4.41. The van der Waals surface area contributed by atoms with E-state index in [0.717, 1.165) is 10.0 Å². The summed E-state index contributed by atoms with van der Waals surface area (Å²) in [5.41, 5.74) is 1.81. The number of carbonyl (C=O) groups excluding carboxylic acids is 2. The zero-order valence-electron chi connectivity index (χ0n) is 18.4. The first-order chi connectivity index (χ1) is 15.3. The van der Waals surface area contributed by atoms with Gasteiger partial charge in [-0.05, 0) is 81.9 Å². The SMILES string of the molecule is CCOC(=O)c1cccc(N=C2SC(=Cc3cc(Br)ccc3OC(C)C)C(=O)N2CC)c1. The zero-order valence-corrected chi connectivity index (χ0v) is 20.8. The Morgan fingerprint density at radius 1 is 1.22 bits per heavy atom. The summed E-state index contributed by atoms with van der Waals surface area (Å²) < 4.78 is 11.9. The molecule has 0 aliphatic carbocycles. The molecule has 6 nitrogen and oxygen atoms in total. The van der Waals surface area contributed by atoms with E-state index in [4.69, 9.17) is 9.47 Å². The van der Waals surface area contributed by atoms with Gasteiger partial charge in [0.25, 0.3) is 5.91 Å². The van der Waals surface area contributed by atoms with Gasteiger partial charge in [-0.25, -0.2) is 9.79 Å².